The zero-order chi connectivity index (χ0) is 7.28. The van der Waals surface area contributed by atoms with Gasteiger partial charge in [-0.15, -0.1) is 0 Å². The maximum atomic E-state index is 10.0. The standard InChI is InChI=1S/C7H15NO/c1-3-7(4-5-9)6(2)8/h5-7H,3-4,8H2,1-2H3. The summed E-state index contributed by atoms with van der Waals surface area (Å²) in [6, 6.07) is 0.153. The zero-order valence-electron chi connectivity index (χ0n) is 6.13. The van der Waals surface area contributed by atoms with Gasteiger partial charge < -0.3 is 10.5 Å². The molecule has 2 nitrogen and oxygen atoms in total. The Morgan fingerprint density at radius 1 is 1.67 bits per heavy atom. The Morgan fingerprint density at radius 3 is 2.33 bits per heavy atom. The Morgan fingerprint density at radius 2 is 2.22 bits per heavy atom. The van der Waals surface area contributed by atoms with Gasteiger partial charge in [-0.25, -0.2) is 0 Å². The highest BCUT2D eigenvalue weighted by molar-refractivity contribution is 5.49. The van der Waals surface area contributed by atoms with Crippen molar-refractivity contribution in [2.75, 3.05) is 0 Å². The maximum absolute atomic E-state index is 10.0. The number of rotatable bonds is 4. The molecule has 0 aromatic rings. The van der Waals surface area contributed by atoms with E-state index in [0.717, 1.165) is 12.7 Å². The van der Waals surface area contributed by atoms with E-state index in [9.17, 15) is 4.79 Å². The van der Waals surface area contributed by atoms with Crippen molar-refractivity contribution in [1.29, 1.82) is 0 Å². The van der Waals surface area contributed by atoms with Gasteiger partial charge in [-0.2, -0.15) is 0 Å². The van der Waals surface area contributed by atoms with E-state index in [-0.39, 0.29) is 6.04 Å². The quantitative estimate of drug-likeness (QED) is 0.574. The molecule has 0 bridgehead atoms. The van der Waals surface area contributed by atoms with Crippen molar-refractivity contribution in [3.63, 3.8) is 0 Å². The molecule has 0 radical (unpaired) electrons. The first kappa shape index (κ1) is 8.63. The van der Waals surface area contributed by atoms with E-state index >= 15 is 0 Å². The molecule has 0 aliphatic heterocycles. The molecule has 0 amide bonds. The van der Waals surface area contributed by atoms with Gasteiger partial charge in [-0.1, -0.05) is 13.3 Å². The second-order valence-electron chi connectivity index (χ2n) is 2.43. The SMILES string of the molecule is CCC(CC=O)C(C)N. The van der Waals surface area contributed by atoms with E-state index < -0.39 is 0 Å². The summed E-state index contributed by atoms with van der Waals surface area (Å²) in [5, 5.41) is 0. The maximum Gasteiger partial charge on any atom is 0.120 e. The smallest absolute Gasteiger partial charge is 0.120 e. The van der Waals surface area contributed by atoms with Crippen molar-refractivity contribution in [2.24, 2.45) is 11.7 Å². The highest BCUT2D eigenvalue weighted by atomic mass is 16.1. The van der Waals surface area contributed by atoms with E-state index in [1.807, 2.05) is 6.92 Å². The third-order valence-corrected chi connectivity index (χ3v) is 1.67. The van der Waals surface area contributed by atoms with Crippen molar-refractivity contribution in [3.8, 4) is 0 Å². The molecule has 2 heteroatoms. The largest absolute Gasteiger partial charge is 0.328 e. The van der Waals surface area contributed by atoms with Gasteiger partial charge in [0.2, 0.25) is 0 Å². The third kappa shape index (κ3) is 3.25. The Bertz CT molecular complexity index is 81.0. The van der Waals surface area contributed by atoms with Crippen LogP contribution in [0.3, 0.4) is 0 Å². The van der Waals surface area contributed by atoms with Crippen molar-refractivity contribution in [1.82, 2.24) is 0 Å². The molecule has 0 heterocycles. The van der Waals surface area contributed by atoms with Crippen LogP contribution in [0.4, 0.5) is 0 Å². The fourth-order valence-corrected chi connectivity index (χ4v) is 0.877. The van der Waals surface area contributed by atoms with Crippen LogP contribution in [0.5, 0.6) is 0 Å². The van der Waals surface area contributed by atoms with Gasteiger partial charge in [0, 0.05) is 12.5 Å². The zero-order valence-corrected chi connectivity index (χ0v) is 6.13. The van der Waals surface area contributed by atoms with Gasteiger partial charge in [-0.05, 0) is 12.8 Å². The highest BCUT2D eigenvalue weighted by Gasteiger charge is 2.09. The predicted octanol–water partition coefficient (Wildman–Crippen LogP) is 0.949. The Hall–Kier alpha value is -0.370. The molecular weight excluding hydrogens is 114 g/mol. The van der Waals surface area contributed by atoms with Gasteiger partial charge in [0.25, 0.3) is 0 Å². The van der Waals surface area contributed by atoms with Crippen LogP contribution < -0.4 is 5.73 Å². The predicted molar refractivity (Wildman–Crippen MR) is 38.1 cm³/mol. The van der Waals surface area contributed by atoms with E-state index in [0.29, 0.717) is 12.3 Å². The van der Waals surface area contributed by atoms with E-state index in [1.165, 1.54) is 0 Å². The lowest BCUT2D eigenvalue weighted by Crippen LogP contribution is -2.26. The molecule has 9 heavy (non-hydrogen) atoms. The minimum absolute atomic E-state index is 0.153. The normalized spacial score (nSPS) is 16.8. The summed E-state index contributed by atoms with van der Waals surface area (Å²) in [6.07, 6.45) is 2.54. The number of nitrogens with two attached hydrogens (primary N) is 1. The van der Waals surface area contributed by atoms with E-state index in [4.69, 9.17) is 5.73 Å². The number of aldehydes is 1. The van der Waals surface area contributed by atoms with Gasteiger partial charge in [0.05, 0.1) is 0 Å². The summed E-state index contributed by atoms with van der Waals surface area (Å²) in [6.45, 7) is 4.00. The van der Waals surface area contributed by atoms with E-state index in [1.54, 1.807) is 0 Å². The summed E-state index contributed by atoms with van der Waals surface area (Å²) >= 11 is 0. The van der Waals surface area contributed by atoms with E-state index in [2.05, 4.69) is 6.92 Å². The minimum Gasteiger partial charge on any atom is -0.328 e. The number of carbonyl (C=O) groups excluding carboxylic acids is 1. The molecule has 0 aromatic carbocycles. The molecule has 54 valence electrons. The molecule has 0 rings (SSSR count). The van der Waals surface area contributed by atoms with Crippen molar-refractivity contribution >= 4 is 6.29 Å². The molecule has 0 saturated carbocycles. The molecule has 0 fully saturated rings. The molecule has 0 aliphatic carbocycles. The van der Waals surface area contributed by atoms with Gasteiger partial charge in [0.1, 0.15) is 6.29 Å². The summed E-state index contributed by atoms with van der Waals surface area (Å²) in [5.41, 5.74) is 5.57. The lowest BCUT2D eigenvalue weighted by Gasteiger charge is -2.14. The highest BCUT2D eigenvalue weighted by Crippen LogP contribution is 2.08. The average Bonchev–Trinajstić information content (AvgIpc) is 1.82. The van der Waals surface area contributed by atoms with Crippen LogP contribution in [0.2, 0.25) is 0 Å². The summed E-state index contributed by atoms with van der Waals surface area (Å²) < 4.78 is 0. The third-order valence-electron chi connectivity index (χ3n) is 1.67. The Balaban J connectivity index is 3.53. The summed E-state index contributed by atoms with van der Waals surface area (Å²) in [4.78, 5) is 10.0. The average molecular weight is 129 g/mol. The van der Waals surface area contributed by atoms with Crippen molar-refractivity contribution in [3.05, 3.63) is 0 Å². The first-order valence-electron chi connectivity index (χ1n) is 3.41. The molecule has 0 aliphatic rings. The van der Waals surface area contributed by atoms with Crippen molar-refractivity contribution in [2.45, 2.75) is 32.7 Å². The molecular formula is C7H15NO. The summed E-state index contributed by atoms with van der Waals surface area (Å²) in [5.74, 6) is 0.377. The van der Waals surface area contributed by atoms with Gasteiger partial charge >= 0.3 is 0 Å². The first-order chi connectivity index (χ1) is 4.22. The van der Waals surface area contributed by atoms with Crippen LogP contribution in [0.1, 0.15) is 26.7 Å². The van der Waals surface area contributed by atoms with Crippen LogP contribution in [0, 0.1) is 5.92 Å². The molecule has 0 saturated heterocycles. The molecule has 2 atom stereocenters. The van der Waals surface area contributed by atoms with Crippen LogP contribution >= 0.6 is 0 Å². The lowest BCUT2D eigenvalue weighted by molar-refractivity contribution is -0.108. The Kier molecular flexibility index (Phi) is 4.32. The van der Waals surface area contributed by atoms with Crippen LogP contribution in [0.25, 0.3) is 0 Å². The fraction of sp³-hybridized carbons (Fsp3) is 0.857. The van der Waals surface area contributed by atoms with Crippen LogP contribution in [0.15, 0.2) is 0 Å². The second-order valence-corrected chi connectivity index (χ2v) is 2.43. The monoisotopic (exact) mass is 129 g/mol. The molecule has 2 unspecified atom stereocenters. The second kappa shape index (κ2) is 4.50. The summed E-state index contributed by atoms with van der Waals surface area (Å²) in [7, 11) is 0. The minimum atomic E-state index is 0.153. The fourth-order valence-electron chi connectivity index (χ4n) is 0.877. The molecule has 0 aromatic heterocycles. The first-order valence-corrected chi connectivity index (χ1v) is 3.41. The molecule has 2 N–H and O–H groups in total. The van der Waals surface area contributed by atoms with Crippen LogP contribution in [-0.2, 0) is 4.79 Å². The lowest BCUT2D eigenvalue weighted by atomic mass is 9.96. The van der Waals surface area contributed by atoms with Crippen LogP contribution in [-0.4, -0.2) is 12.3 Å². The topological polar surface area (TPSA) is 43.1 Å². The van der Waals surface area contributed by atoms with Crippen molar-refractivity contribution < 1.29 is 4.79 Å². The van der Waals surface area contributed by atoms with Gasteiger partial charge in [-0.3, -0.25) is 0 Å². The number of carbonyl (C=O) groups is 1. The van der Waals surface area contributed by atoms with Gasteiger partial charge in [0.15, 0.2) is 0 Å². The number of hydrogen-bond donors (Lipinski definition) is 1. The number of hydrogen-bond acceptors (Lipinski definition) is 2. The Labute approximate surface area is 56.4 Å². The molecule has 0 spiro atoms.